The zero-order chi connectivity index (χ0) is 20.4. The maximum absolute atomic E-state index is 12.3. The third-order valence-corrected chi connectivity index (χ3v) is 4.36. The van der Waals surface area contributed by atoms with E-state index in [2.05, 4.69) is 5.32 Å². The minimum absolute atomic E-state index is 0.0446. The fraction of sp³-hybridized carbons (Fsp3) is 0.348. The van der Waals surface area contributed by atoms with E-state index in [-0.39, 0.29) is 37.2 Å². The van der Waals surface area contributed by atoms with Crippen molar-refractivity contribution in [3.05, 3.63) is 60.2 Å². The molecule has 1 N–H and O–H groups in total. The van der Waals surface area contributed by atoms with Crippen LogP contribution in [0.4, 0.5) is 0 Å². The molecule has 1 amide bonds. The lowest BCUT2D eigenvalue weighted by atomic mass is 10.0. The van der Waals surface area contributed by atoms with Gasteiger partial charge in [0, 0.05) is 18.0 Å². The Hall–Kier alpha value is -2.95. The molecule has 5 nitrogen and oxygen atoms in total. The van der Waals surface area contributed by atoms with Crippen LogP contribution in [0.15, 0.2) is 54.6 Å². The van der Waals surface area contributed by atoms with E-state index in [4.69, 9.17) is 4.74 Å². The maximum atomic E-state index is 12.3. The van der Waals surface area contributed by atoms with E-state index in [9.17, 15) is 14.4 Å². The Bertz CT molecular complexity index is 784. The topological polar surface area (TPSA) is 72.5 Å². The Morgan fingerprint density at radius 3 is 2.21 bits per heavy atom. The van der Waals surface area contributed by atoms with Crippen molar-refractivity contribution < 1.29 is 19.1 Å². The van der Waals surface area contributed by atoms with Crippen LogP contribution in [0.3, 0.4) is 0 Å². The van der Waals surface area contributed by atoms with Crippen molar-refractivity contribution in [3.8, 4) is 11.1 Å². The first-order chi connectivity index (χ1) is 13.5. The summed E-state index contributed by atoms with van der Waals surface area (Å²) in [7, 11) is 0. The van der Waals surface area contributed by atoms with E-state index in [0.29, 0.717) is 5.56 Å². The molecule has 0 bridgehead atoms. The molecule has 0 unspecified atom stereocenters. The van der Waals surface area contributed by atoms with Crippen LogP contribution in [-0.2, 0) is 14.3 Å². The summed E-state index contributed by atoms with van der Waals surface area (Å²) in [6.45, 7) is 3.63. The van der Waals surface area contributed by atoms with Crippen LogP contribution in [0.5, 0.6) is 0 Å². The summed E-state index contributed by atoms with van der Waals surface area (Å²) in [6.07, 6.45) is 1.85. The summed E-state index contributed by atoms with van der Waals surface area (Å²) < 4.78 is 4.94. The zero-order valence-electron chi connectivity index (χ0n) is 16.4. The molecule has 0 spiro atoms. The number of Topliss-reactive ketones (excluding diaryl/α,β-unsaturated/α-hetero) is 1. The predicted octanol–water partition coefficient (Wildman–Crippen LogP) is 4.16. The van der Waals surface area contributed by atoms with Gasteiger partial charge in [-0.15, -0.1) is 0 Å². The molecule has 2 aromatic rings. The van der Waals surface area contributed by atoms with Gasteiger partial charge in [-0.05, 0) is 24.5 Å². The number of rotatable bonds is 10. The van der Waals surface area contributed by atoms with Gasteiger partial charge >= 0.3 is 5.97 Å². The van der Waals surface area contributed by atoms with Gasteiger partial charge in [-0.1, -0.05) is 67.9 Å². The van der Waals surface area contributed by atoms with Crippen LogP contribution in [0.25, 0.3) is 11.1 Å². The maximum Gasteiger partial charge on any atom is 0.306 e. The molecule has 0 aromatic heterocycles. The van der Waals surface area contributed by atoms with Crippen molar-refractivity contribution in [1.82, 2.24) is 5.32 Å². The fourth-order valence-corrected chi connectivity index (χ4v) is 2.88. The highest BCUT2D eigenvalue weighted by Gasteiger charge is 2.13. The normalized spacial score (nSPS) is 11.5. The first-order valence-corrected chi connectivity index (χ1v) is 9.63. The number of ketones is 1. The molecule has 0 aliphatic heterocycles. The van der Waals surface area contributed by atoms with Gasteiger partial charge in [0.2, 0.25) is 0 Å². The van der Waals surface area contributed by atoms with E-state index < -0.39 is 5.97 Å². The molecular formula is C23H27NO4. The number of carbonyl (C=O) groups excluding carboxylic acids is 3. The van der Waals surface area contributed by atoms with Crippen molar-refractivity contribution >= 4 is 17.7 Å². The van der Waals surface area contributed by atoms with E-state index in [1.165, 1.54) is 0 Å². The SMILES string of the molecule is CCC[C@@H](C)NC(=O)COC(=O)CCC(=O)c1ccc(-c2ccccc2)cc1. The Kier molecular flexibility index (Phi) is 8.40. The molecule has 5 heteroatoms. The van der Waals surface area contributed by atoms with E-state index in [0.717, 1.165) is 24.0 Å². The van der Waals surface area contributed by atoms with Crippen molar-refractivity contribution in [2.75, 3.05) is 6.61 Å². The quantitative estimate of drug-likeness (QED) is 0.495. The molecular weight excluding hydrogens is 354 g/mol. The van der Waals surface area contributed by atoms with Crippen LogP contribution >= 0.6 is 0 Å². The second kappa shape index (κ2) is 11.0. The van der Waals surface area contributed by atoms with E-state index in [1.54, 1.807) is 12.1 Å². The molecule has 0 aliphatic carbocycles. The Balaban J connectivity index is 1.75. The number of esters is 1. The van der Waals surface area contributed by atoms with Crippen LogP contribution in [0.1, 0.15) is 49.9 Å². The molecule has 0 heterocycles. The van der Waals surface area contributed by atoms with Gasteiger partial charge in [-0.3, -0.25) is 14.4 Å². The summed E-state index contributed by atoms with van der Waals surface area (Å²) in [5, 5.41) is 2.76. The van der Waals surface area contributed by atoms with Crippen LogP contribution in [0.2, 0.25) is 0 Å². The van der Waals surface area contributed by atoms with Gasteiger partial charge in [0.05, 0.1) is 6.42 Å². The second-order valence-corrected chi connectivity index (χ2v) is 6.78. The largest absolute Gasteiger partial charge is 0.456 e. The summed E-state index contributed by atoms with van der Waals surface area (Å²) in [6, 6.07) is 17.3. The first-order valence-electron chi connectivity index (χ1n) is 9.63. The second-order valence-electron chi connectivity index (χ2n) is 6.78. The lowest BCUT2D eigenvalue weighted by molar-refractivity contribution is -0.148. The van der Waals surface area contributed by atoms with Gasteiger partial charge in [0.15, 0.2) is 12.4 Å². The molecule has 1 atom stereocenters. The predicted molar refractivity (Wildman–Crippen MR) is 109 cm³/mol. The Morgan fingerprint density at radius 1 is 0.929 bits per heavy atom. The number of carbonyl (C=O) groups is 3. The third-order valence-electron chi connectivity index (χ3n) is 4.36. The number of benzene rings is 2. The van der Waals surface area contributed by atoms with Crippen molar-refractivity contribution in [3.63, 3.8) is 0 Å². The molecule has 28 heavy (non-hydrogen) atoms. The molecule has 2 aromatic carbocycles. The molecule has 2 rings (SSSR count). The molecule has 0 fully saturated rings. The van der Waals surface area contributed by atoms with E-state index in [1.807, 2.05) is 56.3 Å². The third kappa shape index (κ3) is 6.99. The van der Waals surface area contributed by atoms with Gasteiger partial charge < -0.3 is 10.1 Å². The summed E-state index contributed by atoms with van der Waals surface area (Å²) in [5.41, 5.74) is 2.66. The van der Waals surface area contributed by atoms with Crippen LogP contribution < -0.4 is 5.32 Å². The van der Waals surface area contributed by atoms with Crippen LogP contribution in [0, 0.1) is 0 Å². The molecule has 148 valence electrons. The lowest BCUT2D eigenvalue weighted by Crippen LogP contribution is -2.35. The van der Waals surface area contributed by atoms with Gasteiger partial charge in [-0.25, -0.2) is 0 Å². The number of hydrogen-bond donors (Lipinski definition) is 1. The highest BCUT2D eigenvalue weighted by molar-refractivity contribution is 5.98. The van der Waals surface area contributed by atoms with Crippen molar-refractivity contribution in [2.45, 2.75) is 45.6 Å². The Morgan fingerprint density at radius 2 is 1.57 bits per heavy atom. The van der Waals surface area contributed by atoms with Crippen molar-refractivity contribution in [2.24, 2.45) is 0 Å². The fourth-order valence-electron chi connectivity index (χ4n) is 2.88. The number of amides is 1. The van der Waals surface area contributed by atoms with E-state index >= 15 is 0 Å². The van der Waals surface area contributed by atoms with Crippen LogP contribution in [-0.4, -0.2) is 30.3 Å². The van der Waals surface area contributed by atoms with Crippen molar-refractivity contribution in [1.29, 1.82) is 0 Å². The smallest absolute Gasteiger partial charge is 0.306 e. The monoisotopic (exact) mass is 381 g/mol. The van der Waals surface area contributed by atoms with Gasteiger partial charge in [-0.2, -0.15) is 0 Å². The number of ether oxygens (including phenoxy) is 1. The average molecular weight is 381 g/mol. The zero-order valence-corrected chi connectivity index (χ0v) is 16.4. The highest BCUT2D eigenvalue weighted by Crippen LogP contribution is 2.20. The molecule has 0 saturated carbocycles. The molecule has 0 saturated heterocycles. The average Bonchev–Trinajstić information content (AvgIpc) is 2.71. The molecule has 0 aliphatic rings. The van der Waals surface area contributed by atoms with Gasteiger partial charge in [0.25, 0.3) is 5.91 Å². The first kappa shape index (κ1) is 21.4. The minimum atomic E-state index is -0.549. The summed E-state index contributed by atoms with van der Waals surface area (Å²) in [5.74, 6) is -0.998. The Labute approximate surface area is 166 Å². The van der Waals surface area contributed by atoms with Gasteiger partial charge in [0.1, 0.15) is 0 Å². The highest BCUT2D eigenvalue weighted by atomic mass is 16.5. The number of hydrogen-bond acceptors (Lipinski definition) is 4. The molecule has 0 radical (unpaired) electrons. The summed E-state index contributed by atoms with van der Waals surface area (Å²) in [4.78, 5) is 35.7. The standard InChI is InChI=1S/C23H27NO4/c1-3-7-17(2)24-22(26)16-28-23(27)15-14-21(25)20-12-10-19(11-13-20)18-8-5-4-6-9-18/h4-6,8-13,17H,3,7,14-16H2,1-2H3,(H,24,26)/t17-/m1/s1. The minimum Gasteiger partial charge on any atom is -0.456 e. The number of nitrogens with one attached hydrogen (secondary N) is 1. The summed E-state index contributed by atoms with van der Waals surface area (Å²) >= 11 is 0. The lowest BCUT2D eigenvalue weighted by Gasteiger charge is -2.12.